The number of esters is 1. The lowest BCUT2D eigenvalue weighted by molar-refractivity contribution is 0.0597. The van der Waals surface area contributed by atoms with Crippen molar-refractivity contribution < 1.29 is 19.0 Å². The molecule has 0 radical (unpaired) electrons. The maximum absolute atomic E-state index is 12.7. The molecule has 1 saturated carbocycles. The number of benzene rings is 1. The lowest BCUT2D eigenvalue weighted by Crippen LogP contribution is -2.32. The van der Waals surface area contributed by atoms with E-state index in [1.807, 2.05) is 12.1 Å². The van der Waals surface area contributed by atoms with Crippen molar-refractivity contribution in [2.24, 2.45) is 5.41 Å². The molecule has 2 atom stereocenters. The normalized spacial score (nSPS) is 20.5. The van der Waals surface area contributed by atoms with Crippen molar-refractivity contribution >= 4 is 17.6 Å². The molecule has 1 aliphatic heterocycles. The van der Waals surface area contributed by atoms with E-state index < -0.39 is 5.97 Å². The molecule has 4 rings (SSSR count). The number of fused-ring (bicyclic) bond motifs is 6. The highest BCUT2D eigenvalue weighted by Crippen LogP contribution is 2.59. The van der Waals surface area contributed by atoms with Crippen LogP contribution in [0.15, 0.2) is 29.2 Å². The second kappa shape index (κ2) is 8.32. The van der Waals surface area contributed by atoms with Gasteiger partial charge in [-0.3, -0.25) is 4.79 Å². The number of halogens is 1. The van der Waals surface area contributed by atoms with Crippen LogP contribution >= 0.6 is 11.6 Å². The first-order chi connectivity index (χ1) is 14.8. The molecule has 1 aliphatic carbocycles. The average Bonchev–Trinajstić information content (AvgIpc) is 3.06. The van der Waals surface area contributed by atoms with Crippen LogP contribution in [0.5, 0.6) is 5.75 Å². The quantitative estimate of drug-likeness (QED) is 0.470. The number of rotatable bonds is 6. The van der Waals surface area contributed by atoms with Crippen LogP contribution in [-0.4, -0.2) is 38.0 Å². The summed E-state index contributed by atoms with van der Waals surface area (Å²) in [7, 11) is 2.95. The predicted octanol–water partition coefficient (Wildman–Crippen LogP) is 4.83. The van der Waals surface area contributed by atoms with Gasteiger partial charge in [0.15, 0.2) is 5.43 Å². The monoisotopic (exact) mass is 445 g/mol. The summed E-state index contributed by atoms with van der Waals surface area (Å²) in [6.45, 7) is 5.62. The molecule has 6 nitrogen and oxygen atoms in total. The van der Waals surface area contributed by atoms with E-state index in [1.54, 1.807) is 13.3 Å². The minimum atomic E-state index is -0.615. The van der Waals surface area contributed by atoms with Gasteiger partial charge in [-0.05, 0) is 36.0 Å². The summed E-state index contributed by atoms with van der Waals surface area (Å²) in [6.07, 6.45) is 4.49. The lowest BCUT2D eigenvalue weighted by atomic mass is 9.77. The molecule has 31 heavy (non-hydrogen) atoms. The van der Waals surface area contributed by atoms with E-state index in [4.69, 9.17) is 25.8 Å². The Bertz CT molecular complexity index is 1070. The number of ether oxygens (including phenoxy) is 3. The summed E-state index contributed by atoms with van der Waals surface area (Å²) in [4.78, 5) is 24.9. The van der Waals surface area contributed by atoms with Crippen molar-refractivity contribution in [3.63, 3.8) is 0 Å². The molecule has 0 amide bonds. The van der Waals surface area contributed by atoms with Crippen molar-refractivity contribution in [3.8, 4) is 17.0 Å². The van der Waals surface area contributed by atoms with Crippen molar-refractivity contribution in [2.75, 3.05) is 27.4 Å². The smallest absolute Gasteiger partial charge is 0.343 e. The molecular formula is C24H28ClNO5. The van der Waals surface area contributed by atoms with E-state index in [-0.39, 0.29) is 28.4 Å². The highest BCUT2D eigenvalue weighted by molar-refractivity contribution is 6.32. The van der Waals surface area contributed by atoms with Gasteiger partial charge in [0, 0.05) is 49.9 Å². The fourth-order valence-electron chi connectivity index (χ4n) is 5.13. The van der Waals surface area contributed by atoms with Crippen molar-refractivity contribution in [2.45, 2.75) is 45.1 Å². The molecule has 1 fully saturated rings. The van der Waals surface area contributed by atoms with E-state index >= 15 is 0 Å². The van der Waals surface area contributed by atoms with Crippen LogP contribution in [-0.2, 0) is 9.47 Å². The second-order valence-corrected chi connectivity index (χ2v) is 9.39. The Hall–Kier alpha value is -2.31. The van der Waals surface area contributed by atoms with Crippen LogP contribution in [0.1, 0.15) is 61.0 Å². The number of pyridine rings is 1. The van der Waals surface area contributed by atoms with Crippen molar-refractivity contribution in [1.29, 1.82) is 0 Å². The molecule has 0 saturated heterocycles. The van der Waals surface area contributed by atoms with Crippen LogP contribution in [0.4, 0.5) is 0 Å². The fraction of sp³-hybridized carbons (Fsp3) is 0.500. The maximum Gasteiger partial charge on any atom is 0.343 e. The number of methoxy groups -OCH3 is 2. The van der Waals surface area contributed by atoms with Crippen LogP contribution in [0.25, 0.3) is 11.3 Å². The van der Waals surface area contributed by atoms with Crippen LogP contribution in [0.3, 0.4) is 0 Å². The van der Waals surface area contributed by atoms with Gasteiger partial charge >= 0.3 is 5.97 Å². The molecular weight excluding hydrogens is 418 g/mol. The van der Waals surface area contributed by atoms with Gasteiger partial charge in [-0.2, -0.15) is 0 Å². The van der Waals surface area contributed by atoms with Gasteiger partial charge in [-0.15, -0.1) is 0 Å². The van der Waals surface area contributed by atoms with Gasteiger partial charge in [-0.25, -0.2) is 4.79 Å². The second-order valence-electron chi connectivity index (χ2n) is 8.98. The number of carbonyl (C=O) groups is 1. The minimum Gasteiger partial charge on any atom is -0.492 e. The zero-order valence-corrected chi connectivity index (χ0v) is 19.1. The van der Waals surface area contributed by atoms with Crippen LogP contribution < -0.4 is 10.2 Å². The fourth-order valence-corrected chi connectivity index (χ4v) is 5.34. The molecule has 1 aromatic carbocycles. The highest BCUT2D eigenvalue weighted by atomic mass is 35.5. The Morgan fingerprint density at radius 2 is 2.00 bits per heavy atom. The average molecular weight is 446 g/mol. The first-order valence-electron chi connectivity index (χ1n) is 10.6. The third-order valence-corrected chi connectivity index (χ3v) is 6.89. The van der Waals surface area contributed by atoms with Gasteiger partial charge in [0.05, 0.1) is 24.4 Å². The Kier molecular flexibility index (Phi) is 5.88. The van der Waals surface area contributed by atoms with E-state index in [2.05, 4.69) is 18.4 Å². The topological polar surface area (TPSA) is 66.8 Å². The summed E-state index contributed by atoms with van der Waals surface area (Å²) >= 11 is 6.57. The van der Waals surface area contributed by atoms with Crippen molar-refractivity contribution in [1.82, 2.24) is 4.57 Å². The first-order valence-corrected chi connectivity index (χ1v) is 11.0. The van der Waals surface area contributed by atoms with E-state index in [0.717, 1.165) is 36.1 Å². The number of nitrogens with zero attached hydrogens (tertiary/aromatic N) is 1. The van der Waals surface area contributed by atoms with Crippen LogP contribution in [0, 0.1) is 5.41 Å². The van der Waals surface area contributed by atoms with Gasteiger partial charge in [-0.1, -0.05) is 25.4 Å². The van der Waals surface area contributed by atoms with E-state index in [1.165, 1.54) is 13.2 Å². The number of aromatic nitrogens is 1. The largest absolute Gasteiger partial charge is 0.492 e. The summed E-state index contributed by atoms with van der Waals surface area (Å²) in [5.41, 5.74) is 2.54. The van der Waals surface area contributed by atoms with Gasteiger partial charge in [0.25, 0.3) is 0 Å². The zero-order valence-electron chi connectivity index (χ0n) is 18.4. The van der Waals surface area contributed by atoms with Gasteiger partial charge in [0.1, 0.15) is 11.3 Å². The first kappa shape index (κ1) is 21.9. The number of hydrogen-bond acceptors (Lipinski definition) is 5. The molecule has 0 bridgehead atoms. The zero-order chi connectivity index (χ0) is 22.3. The SMILES string of the molecule is COCCCOc1cc2c(cc1Cl)-c1cc(=O)c(C(=O)OC)cn1[C@H]1[C@H]2CCC1(C)C. The molecule has 0 spiro atoms. The molecule has 2 aromatic rings. The molecule has 2 heterocycles. The molecule has 7 heteroatoms. The standard InChI is InChI=1S/C24H28ClNO5/c1-24(2)7-6-14-15-11-21(31-9-5-8-29-3)18(25)10-16(15)19-12-20(27)17(23(28)30-4)13-26(19)22(14)24/h10-14,22H,5-9H2,1-4H3/t14-,22-/m0/s1. The summed E-state index contributed by atoms with van der Waals surface area (Å²) < 4.78 is 17.9. The Morgan fingerprint density at radius 3 is 2.71 bits per heavy atom. The number of carbonyl (C=O) groups excluding carboxylic acids is 1. The predicted molar refractivity (Wildman–Crippen MR) is 119 cm³/mol. The van der Waals surface area contributed by atoms with Crippen LogP contribution in [0.2, 0.25) is 5.02 Å². The maximum atomic E-state index is 12.7. The third kappa shape index (κ3) is 3.76. The molecule has 0 N–H and O–H groups in total. The number of hydrogen-bond donors (Lipinski definition) is 0. The molecule has 166 valence electrons. The Labute approximate surface area is 187 Å². The van der Waals surface area contributed by atoms with E-state index in [9.17, 15) is 9.59 Å². The van der Waals surface area contributed by atoms with E-state index in [0.29, 0.717) is 24.0 Å². The molecule has 0 unspecified atom stereocenters. The third-order valence-electron chi connectivity index (χ3n) is 6.60. The summed E-state index contributed by atoms with van der Waals surface area (Å²) in [6, 6.07) is 5.56. The summed E-state index contributed by atoms with van der Waals surface area (Å²) in [5, 5.41) is 0.503. The van der Waals surface area contributed by atoms with Gasteiger partial charge < -0.3 is 18.8 Å². The van der Waals surface area contributed by atoms with Crippen molar-refractivity contribution in [3.05, 3.63) is 50.8 Å². The highest BCUT2D eigenvalue weighted by Gasteiger charge is 2.47. The molecule has 1 aromatic heterocycles. The Balaban J connectivity index is 1.86. The van der Waals surface area contributed by atoms with Gasteiger partial charge in [0.2, 0.25) is 0 Å². The minimum absolute atomic E-state index is 0.00130. The molecule has 2 aliphatic rings. The summed E-state index contributed by atoms with van der Waals surface area (Å²) in [5.74, 6) is 0.280. The lowest BCUT2D eigenvalue weighted by Gasteiger charge is -2.40. The Morgan fingerprint density at radius 1 is 1.23 bits per heavy atom.